The lowest BCUT2D eigenvalue weighted by atomic mass is 9.51. The third-order valence-electron chi connectivity index (χ3n) is 8.73. The van der Waals surface area contributed by atoms with Crippen molar-refractivity contribution in [1.29, 1.82) is 0 Å². The Morgan fingerprint density at radius 2 is 2.00 bits per heavy atom. The van der Waals surface area contributed by atoms with Crippen LogP contribution in [0.3, 0.4) is 0 Å². The van der Waals surface area contributed by atoms with Crippen LogP contribution in [0.25, 0.3) is 0 Å². The van der Waals surface area contributed by atoms with E-state index in [1.165, 1.54) is 18.4 Å². The number of carbonyl (C=O) groups excluding carboxylic acids is 2. The first-order valence-corrected chi connectivity index (χ1v) is 10.8. The molecular formula is C24H34O2. The zero-order valence-corrected chi connectivity index (χ0v) is 16.9. The molecule has 0 amide bonds. The fraction of sp³-hybridized carbons (Fsp3) is 0.750. The van der Waals surface area contributed by atoms with E-state index in [1.54, 1.807) is 5.57 Å². The highest BCUT2D eigenvalue weighted by Crippen LogP contribution is 2.66. The molecule has 0 aromatic carbocycles. The molecule has 26 heavy (non-hydrogen) atoms. The number of ketones is 2. The monoisotopic (exact) mass is 354 g/mol. The fourth-order valence-corrected chi connectivity index (χ4v) is 7.29. The van der Waals surface area contributed by atoms with Gasteiger partial charge in [-0.05, 0) is 61.3 Å². The molecule has 0 heterocycles. The molecule has 0 aromatic heterocycles. The first-order valence-electron chi connectivity index (χ1n) is 10.8. The Bertz CT molecular complexity index is 699. The topological polar surface area (TPSA) is 34.1 Å². The summed E-state index contributed by atoms with van der Waals surface area (Å²) >= 11 is 0. The van der Waals surface area contributed by atoms with Gasteiger partial charge in [0, 0.05) is 24.2 Å². The molecule has 2 saturated carbocycles. The molecule has 2 heteroatoms. The van der Waals surface area contributed by atoms with Crippen LogP contribution in [0.1, 0.15) is 79.1 Å². The number of rotatable bonds is 3. The largest absolute Gasteiger partial charge is 0.299 e. The standard InChI is InChI=1S/C24H34O2/c1-5-15-13-20-18-8-7-16-14-17(25)9-11-23(16,3)19(18)10-12-24(20,4)22(15)21(26)6-2/h10,14-15,18,20,22H,5-9,11-13H2,1-4H3/t15-,18?,20?,22+,23-,24-/m0/s1. The van der Waals surface area contributed by atoms with Crippen molar-refractivity contribution in [3.63, 3.8) is 0 Å². The van der Waals surface area contributed by atoms with E-state index in [9.17, 15) is 9.59 Å². The highest BCUT2D eigenvalue weighted by molar-refractivity contribution is 5.92. The number of fused-ring (bicyclic) bond motifs is 5. The van der Waals surface area contributed by atoms with Crippen molar-refractivity contribution >= 4 is 11.6 Å². The molecule has 0 aromatic rings. The Kier molecular flexibility index (Phi) is 4.32. The Balaban J connectivity index is 1.74. The number of carbonyl (C=O) groups is 2. The Hall–Kier alpha value is -1.18. The van der Waals surface area contributed by atoms with Gasteiger partial charge in [-0.15, -0.1) is 0 Å². The minimum atomic E-state index is 0.104. The molecule has 0 saturated heterocycles. The van der Waals surface area contributed by atoms with E-state index in [0.29, 0.717) is 42.2 Å². The molecule has 4 rings (SSSR count). The number of hydrogen-bond acceptors (Lipinski definition) is 2. The van der Waals surface area contributed by atoms with Gasteiger partial charge in [-0.1, -0.05) is 51.3 Å². The summed E-state index contributed by atoms with van der Waals surface area (Å²) in [6.07, 6.45) is 12.5. The lowest BCUT2D eigenvalue weighted by molar-refractivity contribution is -0.128. The zero-order chi connectivity index (χ0) is 18.7. The van der Waals surface area contributed by atoms with Crippen LogP contribution in [0.15, 0.2) is 23.3 Å². The first-order chi connectivity index (χ1) is 12.3. The molecule has 4 aliphatic carbocycles. The molecule has 2 fully saturated rings. The Labute approximate surface area is 158 Å². The predicted molar refractivity (Wildman–Crippen MR) is 105 cm³/mol. The number of hydrogen-bond donors (Lipinski definition) is 0. The zero-order valence-electron chi connectivity index (χ0n) is 16.9. The smallest absolute Gasteiger partial charge is 0.155 e. The Morgan fingerprint density at radius 3 is 2.69 bits per heavy atom. The van der Waals surface area contributed by atoms with Crippen LogP contribution in [0.2, 0.25) is 0 Å². The average Bonchev–Trinajstić information content (AvgIpc) is 2.94. The third-order valence-corrected chi connectivity index (χ3v) is 8.73. The van der Waals surface area contributed by atoms with Gasteiger partial charge in [0.05, 0.1) is 0 Å². The fourth-order valence-electron chi connectivity index (χ4n) is 7.29. The normalized spacial score (nSPS) is 44.5. The average molecular weight is 355 g/mol. The molecule has 6 atom stereocenters. The van der Waals surface area contributed by atoms with E-state index in [-0.39, 0.29) is 16.7 Å². The van der Waals surface area contributed by atoms with E-state index in [4.69, 9.17) is 0 Å². The molecule has 0 spiro atoms. The van der Waals surface area contributed by atoms with Gasteiger partial charge >= 0.3 is 0 Å². The van der Waals surface area contributed by atoms with Gasteiger partial charge in [0.25, 0.3) is 0 Å². The molecule has 2 nitrogen and oxygen atoms in total. The summed E-state index contributed by atoms with van der Waals surface area (Å²) in [6, 6.07) is 0. The quantitative estimate of drug-likeness (QED) is 0.612. The maximum Gasteiger partial charge on any atom is 0.155 e. The lowest BCUT2D eigenvalue weighted by Crippen LogP contribution is -2.45. The molecule has 0 radical (unpaired) electrons. The molecule has 0 aliphatic heterocycles. The first kappa shape index (κ1) is 18.2. The van der Waals surface area contributed by atoms with E-state index in [0.717, 1.165) is 25.7 Å². The summed E-state index contributed by atoms with van der Waals surface area (Å²) in [6.45, 7) is 9.10. The van der Waals surface area contributed by atoms with E-state index in [1.807, 2.05) is 13.0 Å². The minimum Gasteiger partial charge on any atom is -0.299 e. The molecule has 2 unspecified atom stereocenters. The van der Waals surface area contributed by atoms with Crippen molar-refractivity contribution in [1.82, 2.24) is 0 Å². The lowest BCUT2D eigenvalue weighted by Gasteiger charge is -2.53. The van der Waals surface area contributed by atoms with Crippen LogP contribution in [0, 0.1) is 34.5 Å². The van der Waals surface area contributed by atoms with Crippen LogP contribution < -0.4 is 0 Å². The number of Topliss-reactive ketones (excluding diaryl/α,β-unsaturated/α-hetero) is 1. The van der Waals surface area contributed by atoms with Crippen LogP contribution in [-0.2, 0) is 9.59 Å². The summed E-state index contributed by atoms with van der Waals surface area (Å²) in [5, 5.41) is 0. The SMILES string of the molecule is CCC(=O)[C@H]1[C@@H](CC)CC2C3CCC4=CC(=O)CC[C@]4(C)C3=CC[C@@]21C. The molecular weight excluding hydrogens is 320 g/mol. The highest BCUT2D eigenvalue weighted by Gasteiger charge is 2.59. The summed E-state index contributed by atoms with van der Waals surface area (Å²) in [5.74, 6) is 2.87. The van der Waals surface area contributed by atoms with Gasteiger partial charge in [0.2, 0.25) is 0 Å². The second-order valence-electron chi connectivity index (χ2n) is 9.79. The van der Waals surface area contributed by atoms with Crippen molar-refractivity contribution in [2.75, 3.05) is 0 Å². The van der Waals surface area contributed by atoms with Gasteiger partial charge in [-0.25, -0.2) is 0 Å². The molecule has 142 valence electrons. The molecule has 0 bridgehead atoms. The van der Waals surface area contributed by atoms with Crippen LogP contribution in [-0.4, -0.2) is 11.6 Å². The third kappa shape index (κ3) is 2.36. The summed E-state index contributed by atoms with van der Waals surface area (Å²) in [5.41, 5.74) is 3.24. The van der Waals surface area contributed by atoms with Crippen molar-refractivity contribution in [2.24, 2.45) is 34.5 Å². The maximum absolute atomic E-state index is 12.9. The van der Waals surface area contributed by atoms with Gasteiger partial charge in [0.15, 0.2) is 5.78 Å². The second kappa shape index (κ2) is 6.17. The van der Waals surface area contributed by atoms with E-state index < -0.39 is 0 Å². The molecule has 0 N–H and O–H groups in total. The van der Waals surface area contributed by atoms with Gasteiger partial charge in [0.1, 0.15) is 5.78 Å². The predicted octanol–water partition coefficient (Wildman–Crippen LogP) is 5.67. The Morgan fingerprint density at radius 1 is 1.23 bits per heavy atom. The van der Waals surface area contributed by atoms with Crippen LogP contribution in [0.4, 0.5) is 0 Å². The van der Waals surface area contributed by atoms with E-state index in [2.05, 4.69) is 26.8 Å². The second-order valence-corrected chi connectivity index (χ2v) is 9.79. The summed E-state index contributed by atoms with van der Waals surface area (Å²) in [7, 11) is 0. The minimum absolute atomic E-state index is 0.104. The van der Waals surface area contributed by atoms with Crippen molar-refractivity contribution in [3.8, 4) is 0 Å². The van der Waals surface area contributed by atoms with Crippen LogP contribution >= 0.6 is 0 Å². The van der Waals surface area contributed by atoms with Gasteiger partial charge in [-0.2, -0.15) is 0 Å². The van der Waals surface area contributed by atoms with E-state index >= 15 is 0 Å². The highest BCUT2D eigenvalue weighted by atomic mass is 16.1. The van der Waals surface area contributed by atoms with Crippen molar-refractivity contribution in [3.05, 3.63) is 23.3 Å². The van der Waals surface area contributed by atoms with Crippen molar-refractivity contribution in [2.45, 2.75) is 79.1 Å². The maximum atomic E-state index is 12.9. The number of allylic oxidation sites excluding steroid dienone is 4. The summed E-state index contributed by atoms with van der Waals surface area (Å²) < 4.78 is 0. The van der Waals surface area contributed by atoms with Crippen LogP contribution in [0.5, 0.6) is 0 Å². The van der Waals surface area contributed by atoms with Crippen molar-refractivity contribution < 1.29 is 9.59 Å². The van der Waals surface area contributed by atoms with Gasteiger partial charge < -0.3 is 0 Å². The summed E-state index contributed by atoms with van der Waals surface area (Å²) in [4.78, 5) is 24.8. The molecule has 4 aliphatic rings. The van der Waals surface area contributed by atoms with Gasteiger partial charge in [-0.3, -0.25) is 9.59 Å².